The van der Waals surface area contributed by atoms with Crippen LogP contribution in [-0.4, -0.2) is 33.2 Å². The van der Waals surface area contributed by atoms with Gasteiger partial charge in [0.25, 0.3) is 0 Å². The molecule has 1 atom stereocenters. The number of fused-ring (bicyclic) bond motifs is 1. The number of hydrogen-bond acceptors (Lipinski definition) is 3. The zero-order valence-corrected chi connectivity index (χ0v) is 17.0. The van der Waals surface area contributed by atoms with Gasteiger partial charge in [0.1, 0.15) is 6.54 Å². The van der Waals surface area contributed by atoms with Gasteiger partial charge in [-0.3, -0.25) is 9.10 Å². The molecule has 0 aliphatic carbocycles. The average molecular weight is 387 g/mol. The molecule has 0 spiro atoms. The summed E-state index contributed by atoms with van der Waals surface area (Å²) in [7, 11) is -3.58. The highest BCUT2D eigenvalue weighted by molar-refractivity contribution is 7.92. The molecule has 27 heavy (non-hydrogen) atoms. The maximum absolute atomic E-state index is 13.0. The Morgan fingerprint density at radius 2 is 1.78 bits per heavy atom. The summed E-state index contributed by atoms with van der Waals surface area (Å²) in [5.74, 6) is 0.139. The number of para-hydroxylation sites is 1. The SMILES string of the molecule is CC(C)c1ccc(N(CC(=O)N2c3ccccc3C[C@@H]2C)S(C)(=O)=O)cc1. The van der Waals surface area contributed by atoms with Crippen molar-refractivity contribution in [2.45, 2.75) is 39.2 Å². The Hall–Kier alpha value is -2.34. The first-order valence-electron chi connectivity index (χ1n) is 9.16. The fraction of sp³-hybridized carbons (Fsp3) is 0.381. The number of rotatable bonds is 5. The van der Waals surface area contributed by atoms with Crippen LogP contribution in [0.25, 0.3) is 0 Å². The van der Waals surface area contributed by atoms with Gasteiger partial charge in [-0.05, 0) is 48.6 Å². The highest BCUT2D eigenvalue weighted by Crippen LogP contribution is 2.32. The van der Waals surface area contributed by atoms with E-state index < -0.39 is 10.0 Å². The summed E-state index contributed by atoms with van der Waals surface area (Å²) in [5.41, 5.74) is 3.63. The number of benzene rings is 2. The molecule has 0 saturated heterocycles. The van der Waals surface area contributed by atoms with E-state index >= 15 is 0 Å². The fourth-order valence-electron chi connectivity index (χ4n) is 3.57. The minimum absolute atomic E-state index is 0.0135. The minimum atomic E-state index is -3.58. The first-order valence-corrected chi connectivity index (χ1v) is 11.0. The van der Waals surface area contributed by atoms with E-state index in [0.717, 1.165) is 29.5 Å². The van der Waals surface area contributed by atoms with E-state index in [9.17, 15) is 13.2 Å². The molecule has 6 heteroatoms. The van der Waals surface area contributed by atoms with E-state index in [1.54, 1.807) is 17.0 Å². The summed E-state index contributed by atoms with van der Waals surface area (Å²) in [6.07, 6.45) is 1.92. The molecule has 144 valence electrons. The molecule has 3 rings (SSSR count). The lowest BCUT2D eigenvalue weighted by molar-refractivity contribution is -0.117. The molecule has 0 radical (unpaired) electrons. The summed E-state index contributed by atoms with van der Waals surface area (Å²) in [6, 6.07) is 15.2. The van der Waals surface area contributed by atoms with Gasteiger partial charge in [0.05, 0.1) is 11.9 Å². The highest BCUT2D eigenvalue weighted by atomic mass is 32.2. The topological polar surface area (TPSA) is 57.7 Å². The first kappa shape index (κ1) is 19.4. The second-order valence-corrected chi connectivity index (χ2v) is 9.37. The summed E-state index contributed by atoms with van der Waals surface area (Å²) >= 11 is 0. The van der Waals surface area contributed by atoms with Gasteiger partial charge in [-0.15, -0.1) is 0 Å². The number of anilines is 2. The summed E-state index contributed by atoms with van der Waals surface area (Å²) < 4.78 is 26.0. The van der Waals surface area contributed by atoms with Gasteiger partial charge in [-0.1, -0.05) is 44.2 Å². The molecule has 1 heterocycles. The summed E-state index contributed by atoms with van der Waals surface area (Å²) in [5, 5.41) is 0. The highest BCUT2D eigenvalue weighted by Gasteiger charge is 2.33. The average Bonchev–Trinajstić information content (AvgIpc) is 2.94. The van der Waals surface area contributed by atoms with Gasteiger partial charge in [0.2, 0.25) is 15.9 Å². The number of hydrogen-bond donors (Lipinski definition) is 0. The monoisotopic (exact) mass is 386 g/mol. The van der Waals surface area contributed by atoms with Crippen LogP contribution in [0.15, 0.2) is 48.5 Å². The Bertz CT molecular complexity index is 936. The molecule has 1 aliphatic heterocycles. The number of amides is 1. The predicted octanol–water partition coefficient (Wildman–Crippen LogP) is 3.55. The largest absolute Gasteiger partial charge is 0.307 e. The van der Waals surface area contributed by atoms with Crippen molar-refractivity contribution >= 4 is 27.3 Å². The van der Waals surface area contributed by atoms with Crippen molar-refractivity contribution < 1.29 is 13.2 Å². The van der Waals surface area contributed by atoms with Crippen LogP contribution >= 0.6 is 0 Å². The van der Waals surface area contributed by atoms with E-state index in [1.807, 2.05) is 43.3 Å². The standard InChI is InChI=1S/C21H26N2O3S/c1-15(2)17-9-11-19(12-10-17)22(27(4,25)26)14-21(24)23-16(3)13-18-7-5-6-8-20(18)23/h5-12,15-16H,13-14H2,1-4H3/t16-/m0/s1. The van der Waals surface area contributed by atoms with Crippen LogP contribution in [0.4, 0.5) is 11.4 Å². The lowest BCUT2D eigenvalue weighted by atomic mass is 10.0. The van der Waals surface area contributed by atoms with Gasteiger partial charge in [-0.25, -0.2) is 8.42 Å². The zero-order chi connectivity index (χ0) is 19.8. The van der Waals surface area contributed by atoms with E-state index in [-0.39, 0.29) is 18.5 Å². The molecule has 2 aromatic rings. The third-order valence-electron chi connectivity index (χ3n) is 5.00. The fourth-order valence-corrected chi connectivity index (χ4v) is 4.42. The van der Waals surface area contributed by atoms with E-state index in [1.165, 1.54) is 4.31 Å². The van der Waals surface area contributed by atoms with E-state index in [2.05, 4.69) is 13.8 Å². The Kier molecular flexibility index (Phi) is 5.29. The van der Waals surface area contributed by atoms with Crippen molar-refractivity contribution in [1.82, 2.24) is 0 Å². The molecule has 0 N–H and O–H groups in total. The van der Waals surface area contributed by atoms with Crippen LogP contribution in [0, 0.1) is 0 Å². The van der Waals surface area contributed by atoms with Crippen LogP contribution in [0.2, 0.25) is 0 Å². The molecule has 0 saturated carbocycles. The van der Waals surface area contributed by atoms with Gasteiger partial charge in [0.15, 0.2) is 0 Å². The number of carbonyl (C=O) groups is 1. The van der Waals surface area contributed by atoms with Gasteiger partial charge in [0, 0.05) is 11.7 Å². The van der Waals surface area contributed by atoms with Crippen molar-refractivity contribution in [3.8, 4) is 0 Å². The third kappa shape index (κ3) is 4.00. The molecular weight excluding hydrogens is 360 g/mol. The Morgan fingerprint density at radius 3 is 2.37 bits per heavy atom. The number of carbonyl (C=O) groups excluding carboxylic acids is 1. The van der Waals surface area contributed by atoms with Crippen molar-refractivity contribution in [3.05, 3.63) is 59.7 Å². The van der Waals surface area contributed by atoms with Gasteiger partial charge >= 0.3 is 0 Å². The molecule has 0 unspecified atom stereocenters. The maximum atomic E-state index is 13.0. The second-order valence-electron chi connectivity index (χ2n) is 7.46. The van der Waals surface area contributed by atoms with Crippen LogP contribution in [0.1, 0.15) is 37.8 Å². The molecule has 0 fully saturated rings. The van der Waals surface area contributed by atoms with Crippen molar-refractivity contribution in [2.24, 2.45) is 0 Å². The van der Waals surface area contributed by atoms with Gasteiger partial charge < -0.3 is 4.90 Å². The third-order valence-corrected chi connectivity index (χ3v) is 6.14. The van der Waals surface area contributed by atoms with Crippen LogP contribution in [-0.2, 0) is 21.2 Å². The smallest absolute Gasteiger partial charge is 0.248 e. The first-order chi connectivity index (χ1) is 12.7. The number of nitrogens with zero attached hydrogens (tertiary/aromatic N) is 2. The van der Waals surface area contributed by atoms with E-state index in [0.29, 0.717) is 11.6 Å². The summed E-state index contributed by atoms with van der Waals surface area (Å²) in [6.45, 7) is 5.94. The normalized spacial score (nSPS) is 16.5. The lowest BCUT2D eigenvalue weighted by Gasteiger charge is -2.28. The molecule has 5 nitrogen and oxygen atoms in total. The van der Waals surface area contributed by atoms with Crippen molar-refractivity contribution in [1.29, 1.82) is 0 Å². The predicted molar refractivity (Wildman–Crippen MR) is 110 cm³/mol. The Morgan fingerprint density at radius 1 is 1.15 bits per heavy atom. The minimum Gasteiger partial charge on any atom is -0.307 e. The molecule has 0 aromatic heterocycles. The van der Waals surface area contributed by atoms with Gasteiger partial charge in [-0.2, -0.15) is 0 Å². The van der Waals surface area contributed by atoms with Crippen molar-refractivity contribution in [2.75, 3.05) is 22.0 Å². The maximum Gasteiger partial charge on any atom is 0.248 e. The zero-order valence-electron chi connectivity index (χ0n) is 16.2. The van der Waals surface area contributed by atoms with Crippen LogP contribution in [0.5, 0.6) is 0 Å². The van der Waals surface area contributed by atoms with Crippen LogP contribution in [0.3, 0.4) is 0 Å². The quantitative estimate of drug-likeness (QED) is 0.790. The molecule has 0 bridgehead atoms. The van der Waals surface area contributed by atoms with Crippen molar-refractivity contribution in [3.63, 3.8) is 0 Å². The van der Waals surface area contributed by atoms with Crippen LogP contribution < -0.4 is 9.21 Å². The molecule has 2 aromatic carbocycles. The lowest BCUT2D eigenvalue weighted by Crippen LogP contribution is -2.45. The molecular formula is C21H26N2O3S. The Labute approximate surface area is 161 Å². The summed E-state index contributed by atoms with van der Waals surface area (Å²) in [4.78, 5) is 14.8. The second kappa shape index (κ2) is 7.35. The Balaban J connectivity index is 1.88. The molecule has 1 amide bonds. The number of sulfonamides is 1. The van der Waals surface area contributed by atoms with E-state index in [4.69, 9.17) is 0 Å². The molecule has 1 aliphatic rings.